The maximum atomic E-state index is 12.1. The van der Waals surface area contributed by atoms with E-state index >= 15 is 0 Å². The van der Waals surface area contributed by atoms with Gasteiger partial charge in [0.25, 0.3) is 0 Å². The number of hydrogen-bond donors (Lipinski definition) is 4. The fourth-order valence-corrected chi connectivity index (χ4v) is 3.21. The van der Waals surface area contributed by atoms with Crippen molar-refractivity contribution in [2.45, 2.75) is 38.1 Å². The van der Waals surface area contributed by atoms with Crippen LogP contribution in [-0.2, 0) is 9.59 Å². The lowest BCUT2D eigenvalue weighted by molar-refractivity contribution is -0.139. The van der Waals surface area contributed by atoms with E-state index in [9.17, 15) is 14.4 Å². The molecule has 0 saturated heterocycles. The number of unbranched alkanes of at least 4 members (excludes halogenated alkanes) is 1. The van der Waals surface area contributed by atoms with Crippen molar-refractivity contribution in [1.29, 1.82) is 0 Å². The maximum absolute atomic E-state index is 12.1. The largest absolute Gasteiger partial charge is 0.481 e. The minimum Gasteiger partial charge on any atom is -0.481 e. The smallest absolute Gasteiger partial charge is 0.320 e. The van der Waals surface area contributed by atoms with Crippen LogP contribution in [0.2, 0.25) is 0 Å². The van der Waals surface area contributed by atoms with E-state index in [1.54, 1.807) is 31.2 Å². The molecule has 0 aliphatic carbocycles. The van der Waals surface area contributed by atoms with Crippen molar-refractivity contribution in [1.82, 2.24) is 0 Å². The molecule has 0 aliphatic heterocycles. The average molecular weight is 407 g/mol. The molecule has 2 atom stereocenters. The van der Waals surface area contributed by atoms with Gasteiger partial charge in [-0.3, -0.25) is 14.4 Å². The molecule has 0 aliphatic rings. The fourth-order valence-electron chi connectivity index (χ4n) is 2.19. The molecule has 1 aromatic carbocycles. The predicted molar refractivity (Wildman–Crippen MR) is 109 cm³/mol. The molecule has 1 unspecified atom stereocenters. The predicted octanol–water partition coefficient (Wildman–Crippen LogP) is 2.69. The van der Waals surface area contributed by atoms with E-state index in [4.69, 9.17) is 21.7 Å². The highest BCUT2D eigenvalue weighted by Crippen LogP contribution is 2.26. The SMILES string of the molecule is CC(C(=O)O)c1ccc(C(=O)c2ccccc2)s1.NCCCC[C@H](N)C(=O)O. The number of thiophene rings is 1. The maximum Gasteiger partial charge on any atom is 0.320 e. The van der Waals surface area contributed by atoms with Gasteiger partial charge in [0.05, 0.1) is 10.8 Å². The Morgan fingerprint density at radius 3 is 2.18 bits per heavy atom. The Hall–Kier alpha value is -2.55. The summed E-state index contributed by atoms with van der Waals surface area (Å²) in [6, 6.07) is 11.7. The van der Waals surface area contributed by atoms with Crippen LogP contribution >= 0.6 is 11.3 Å². The molecule has 2 aromatic rings. The molecule has 1 heterocycles. The van der Waals surface area contributed by atoms with E-state index in [0.29, 0.717) is 28.3 Å². The third-order valence-electron chi connectivity index (χ3n) is 3.97. The number of rotatable bonds is 9. The quantitative estimate of drug-likeness (QED) is 0.370. The van der Waals surface area contributed by atoms with Gasteiger partial charge in [0, 0.05) is 10.4 Å². The van der Waals surface area contributed by atoms with Gasteiger partial charge in [0.2, 0.25) is 5.78 Å². The third-order valence-corrected chi connectivity index (χ3v) is 5.24. The van der Waals surface area contributed by atoms with Crippen molar-refractivity contribution in [3.05, 3.63) is 57.8 Å². The number of hydrogen-bond acceptors (Lipinski definition) is 6. The van der Waals surface area contributed by atoms with Crippen molar-refractivity contribution in [3.8, 4) is 0 Å². The second-order valence-electron chi connectivity index (χ2n) is 6.19. The van der Waals surface area contributed by atoms with Crippen LogP contribution in [0.3, 0.4) is 0 Å². The number of carboxylic acids is 2. The first kappa shape index (κ1) is 23.5. The first-order chi connectivity index (χ1) is 13.3. The van der Waals surface area contributed by atoms with Gasteiger partial charge in [-0.25, -0.2) is 0 Å². The first-order valence-corrected chi connectivity index (χ1v) is 9.70. The highest BCUT2D eigenvalue weighted by molar-refractivity contribution is 7.14. The highest BCUT2D eigenvalue weighted by Gasteiger charge is 2.18. The normalized spacial score (nSPS) is 12.4. The highest BCUT2D eigenvalue weighted by atomic mass is 32.1. The van der Waals surface area contributed by atoms with Gasteiger partial charge in [0.15, 0.2) is 0 Å². The fraction of sp³-hybridized carbons (Fsp3) is 0.350. The lowest BCUT2D eigenvalue weighted by atomic mass is 10.1. The van der Waals surface area contributed by atoms with E-state index in [1.165, 1.54) is 11.3 Å². The zero-order chi connectivity index (χ0) is 21.1. The van der Waals surface area contributed by atoms with Crippen LogP contribution < -0.4 is 11.5 Å². The van der Waals surface area contributed by atoms with Gasteiger partial charge >= 0.3 is 11.9 Å². The van der Waals surface area contributed by atoms with Crippen LogP contribution in [-0.4, -0.2) is 40.5 Å². The van der Waals surface area contributed by atoms with Gasteiger partial charge in [0.1, 0.15) is 6.04 Å². The van der Waals surface area contributed by atoms with E-state index in [1.807, 2.05) is 18.2 Å². The molecule has 8 heteroatoms. The van der Waals surface area contributed by atoms with Gasteiger partial charge < -0.3 is 21.7 Å². The van der Waals surface area contributed by atoms with E-state index < -0.39 is 23.9 Å². The van der Waals surface area contributed by atoms with E-state index in [-0.39, 0.29) is 5.78 Å². The molecule has 0 amide bonds. The Morgan fingerprint density at radius 2 is 1.64 bits per heavy atom. The number of carbonyl (C=O) groups is 3. The molecule has 7 nitrogen and oxygen atoms in total. The molecule has 1 aromatic heterocycles. The van der Waals surface area contributed by atoms with Crippen molar-refractivity contribution >= 4 is 29.1 Å². The second-order valence-corrected chi connectivity index (χ2v) is 7.30. The Labute approximate surface area is 168 Å². The van der Waals surface area contributed by atoms with Gasteiger partial charge in [-0.15, -0.1) is 11.3 Å². The molecule has 0 spiro atoms. The molecule has 0 radical (unpaired) electrons. The Bertz CT molecular complexity index is 776. The van der Waals surface area contributed by atoms with Gasteiger partial charge in [-0.05, 0) is 38.4 Å². The molecule has 0 fully saturated rings. The van der Waals surface area contributed by atoms with E-state index in [0.717, 1.165) is 12.8 Å². The summed E-state index contributed by atoms with van der Waals surface area (Å²) in [5, 5.41) is 17.2. The summed E-state index contributed by atoms with van der Waals surface area (Å²) >= 11 is 1.24. The lowest BCUT2D eigenvalue weighted by Gasteiger charge is -2.03. The first-order valence-electron chi connectivity index (χ1n) is 8.88. The monoisotopic (exact) mass is 406 g/mol. The van der Waals surface area contributed by atoms with Crippen molar-refractivity contribution in [3.63, 3.8) is 0 Å². The number of benzene rings is 1. The molecule has 28 heavy (non-hydrogen) atoms. The summed E-state index contributed by atoms with van der Waals surface area (Å²) in [5.74, 6) is -2.45. The van der Waals surface area contributed by atoms with Crippen molar-refractivity contribution < 1.29 is 24.6 Å². The second kappa shape index (κ2) is 12.0. The van der Waals surface area contributed by atoms with E-state index in [2.05, 4.69) is 0 Å². The summed E-state index contributed by atoms with van der Waals surface area (Å²) in [7, 11) is 0. The van der Waals surface area contributed by atoms with Crippen molar-refractivity contribution in [2.24, 2.45) is 11.5 Å². The summed E-state index contributed by atoms with van der Waals surface area (Å²) in [6.07, 6.45) is 2.16. The molecule has 6 N–H and O–H groups in total. The standard InChI is InChI=1S/C14H12O3S.C6H14N2O2/c1-9(14(16)17)11-7-8-12(18-11)13(15)10-5-3-2-4-6-10;7-4-2-1-3-5(8)6(9)10/h2-9H,1H3,(H,16,17);5H,1-4,7-8H2,(H,9,10)/t;5-/m.0/s1. The zero-order valence-corrected chi connectivity index (χ0v) is 16.5. The molecule has 2 rings (SSSR count). The number of aliphatic carboxylic acids is 2. The molecule has 0 bridgehead atoms. The number of nitrogens with two attached hydrogens (primary N) is 2. The number of carboxylic acid groups (broad SMARTS) is 2. The molecular weight excluding hydrogens is 380 g/mol. The van der Waals surface area contributed by atoms with Crippen LogP contribution in [0.4, 0.5) is 0 Å². The Balaban J connectivity index is 0.000000336. The number of ketones is 1. The van der Waals surface area contributed by atoms with Gasteiger partial charge in [-0.2, -0.15) is 0 Å². The molecular formula is C20H26N2O5S. The van der Waals surface area contributed by atoms with Gasteiger partial charge in [-0.1, -0.05) is 36.8 Å². The van der Waals surface area contributed by atoms with Crippen LogP contribution in [0.5, 0.6) is 0 Å². The minimum atomic E-state index is -0.933. The Morgan fingerprint density at radius 1 is 1.00 bits per heavy atom. The summed E-state index contributed by atoms with van der Waals surface area (Å²) in [5.41, 5.74) is 11.0. The summed E-state index contributed by atoms with van der Waals surface area (Å²) < 4.78 is 0. The average Bonchev–Trinajstić information content (AvgIpc) is 3.18. The lowest BCUT2D eigenvalue weighted by Crippen LogP contribution is -2.29. The van der Waals surface area contributed by atoms with Crippen LogP contribution in [0.15, 0.2) is 42.5 Å². The molecule has 0 saturated carbocycles. The summed E-state index contributed by atoms with van der Waals surface area (Å²) in [4.78, 5) is 34.4. The zero-order valence-electron chi connectivity index (χ0n) is 15.7. The van der Waals surface area contributed by atoms with Crippen LogP contribution in [0.25, 0.3) is 0 Å². The number of carbonyl (C=O) groups excluding carboxylic acids is 1. The third kappa shape index (κ3) is 7.59. The topological polar surface area (TPSA) is 144 Å². The summed E-state index contributed by atoms with van der Waals surface area (Å²) in [6.45, 7) is 2.22. The Kier molecular flexibility index (Phi) is 10.1. The van der Waals surface area contributed by atoms with Crippen LogP contribution in [0.1, 0.15) is 52.2 Å². The van der Waals surface area contributed by atoms with Crippen LogP contribution in [0, 0.1) is 0 Å². The molecule has 152 valence electrons. The minimum absolute atomic E-state index is 0.0653. The van der Waals surface area contributed by atoms with Crippen molar-refractivity contribution in [2.75, 3.05) is 6.54 Å².